The first-order valence-electron chi connectivity index (χ1n) is 6.78. The molecule has 96 valence electrons. The van der Waals surface area contributed by atoms with Gasteiger partial charge in [-0.3, -0.25) is 4.90 Å². The van der Waals surface area contributed by atoms with Gasteiger partial charge in [0.15, 0.2) is 0 Å². The van der Waals surface area contributed by atoms with Crippen molar-refractivity contribution in [3.8, 4) is 0 Å². The van der Waals surface area contributed by atoms with E-state index in [-0.39, 0.29) is 0 Å². The second-order valence-corrected chi connectivity index (χ2v) is 7.89. The number of piperidine rings is 1. The molecule has 1 nitrogen and oxygen atoms in total. The Hall–Kier alpha value is -0.0400. The van der Waals surface area contributed by atoms with Gasteiger partial charge in [0.1, 0.15) is 0 Å². The van der Waals surface area contributed by atoms with Gasteiger partial charge < -0.3 is 0 Å². The van der Waals surface area contributed by atoms with Crippen LogP contribution in [0.25, 0.3) is 0 Å². The maximum absolute atomic E-state index is 2.77. The lowest BCUT2D eigenvalue weighted by Gasteiger charge is -2.58. The third kappa shape index (κ3) is 2.61. The molecule has 1 unspecified atom stereocenters. The van der Waals surface area contributed by atoms with Crippen LogP contribution in [0.4, 0.5) is 0 Å². The van der Waals surface area contributed by atoms with E-state index in [1.165, 1.54) is 19.3 Å². The molecular formula is C15H31N. The van der Waals surface area contributed by atoms with E-state index in [1.807, 2.05) is 0 Å². The summed E-state index contributed by atoms with van der Waals surface area (Å²) in [7, 11) is 0. The lowest BCUT2D eigenvalue weighted by atomic mass is 9.74. The zero-order valence-corrected chi connectivity index (χ0v) is 12.6. The minimum Gasteiger partial charge on any atom is -0.290 e. The van der Waals surface area contributed by atoms with Gasteiger partial charge in [0.05, 0.1) is 0 Å². The molecule has 1 rings (SSSR count). The first-order valence-corrected chi connectivity index (χ1v) is 6.78. The predicted molar refractivity (Wildman–Crippen MR) is 72.8 cm³/mol. The predicted octanol–water partition coefficient (Wildman–Crippen LogP) is 4.46. The highest BCUT2D eigenvalue weighted by Gasteiger charge is 2.46. The van der Waals surface area contributed by atoms with Crippen molar-refractivity contribution in [3.63, 3.8) is 0 Å². The van der Waals surface area contributed by atoms with E-state index in [9.17, 15) is 0 Å². The van der Waals surface area contributed by atoms with E-state index in [4.69, 9.17) is 0 Å². The molecule has 1 fully saturated rings. The van der Waals surface area contributed by atoms with Crippen molar-refractivity contribution in [2.24, 2.45) is 5.41 Å². The van der Waals surface area contributed by atoms with Gasteiger partial charge in [-0.05, 0) is 59.3 Å². The van der Waals surface area contributed by atoms with Crippen LogP contribution in [0.2, 0.25) is 0 Å². The third-order valence-corrected chi connectivity index (χ3v) is 4.52. The first-order chi connectivity index (χ1) is 6.98. The average molecular weight is 225 g/mol. The van der Waals surface area contributed by atoms with Crippen LogP contribution in [0.15, 0.2) is 0 Å². The van der Waals surface area contributed by atoms with Gasteiger partial charge in [0.25, 0.3) is 0 Å². The monoisotopic (exact) mass is 225 g/mol. The maximum atomic E-state index is 2.77. The lowest BCUT2D eigenvalue weighted by Crippen LogP contribution is -2.64. The lowest BCUT2D eigenvalue weighted by molar-refractivity contribution is -0.0855. The van der Waals surface area contributed by atoms with Crippen molar-refractivity contribution in [1.29, 1.82) is 0 Å². The molecule has 16 heavy (non-hydrogen) atoms. The molecule has 0 saturated carbocycles. The molecule has 0 amide bonds. The normalized spacial score (nSPS) is 27.8. The fourth-order valence-electron chi connectivity index (χ4n) is 3.45. The Morgan fingerprint density at radius 3 is 1.62 bits per heavy atom. The molecule has 0 spiro atoms. The summed E-state index contributed by atoms with van der Waals surface area (Å²) in [6, 6.07) is 0.623. The van der Waals surface area contributed by atoms with Crippen LogP contribution < -0.4 is 0 Å². The van der Waals surface area contributed by atoms with Crippen LogP contribution in [0.3, 0.4) is 0 Å². The largest absolute Gasteiger partial charge is 0.290 e. The van der Waals surface area contributed by atoms with Gasteiger partial charge in [-0.1, -0.05) is 20.8 Å². The Morgan fingerprint density at radius 2 is 1.31 bits per heavy atom. The number of hydrogen-bond donors (Lipinski definition) is 0. The summed E-state index contributed by atoms with van der Waals surface area (Å²) in [6.07, 6.45) is 4.03. The van der Waals surface area contributed by atoms with Crippen molar-refractivity contribution in [3.05, 3.63) is 0 Å². The molecule has 0 bridgehead atoms. The van der Waals surface area contributed by atoms with Crippen LogP contribution in [0.5, 0.6) is 0 Å². The highest BCUT2D eigenvalue weighted by Crippen LogP contribution is 2.43. The Kier molecular flexibility index (Phi) is 3.52. The number of hydrogen-bond acceptors (Lipinski definition) is 1. The van der Waals surface area contributed by atoms with Crippen molar-refractivity contribution < 1.29 is 0 Å². The van der Waals surface area contributed by atoms with Gasteiger partial charge in [-0.25, -0.2) is 0 Å². The van der Waals surface area contributed by atoms with Gasteiger partial charge in [0.2, 0.25) is 0 Å². The molecule has 1 aliphatic rings. The quantitative estimate of drug-likeness (QED) is 0.636. The molecule has 1 heteroatoms. The molecule has 1 heterocycles. The Labute approximate surface area is 103 Å². The summed E-state index contributed by atoms with van der Waals surface area (Å²) >= 11 is 0. The number of nitrogens with zero attached hydrogens (tertiary/aromatic N) is 1. The minimum absolute atomic E-state index is 0.342. The second-order valence-electron chi connectivity index (χ2n) is 7.89. The standard InChI is InChI=1S/C15H31N/c1-12(13(2,3)4)16-14(5,6)10-9-11-15(16,7)8/h12H,9-11H2,1-8H3. The van der Waals surface area contributed by atoms with E-state index in [2.05, 4.69) is 60.3 Å². The number of rotatable bonds is 1. The summed E-state index contributed by atoms with van der Waals surface area (Å²) in [6.45, 7) is 19.1. The minimum atomic E-state index is 0.342. The first kappa shape index (κ1) is 14.0. The van der Waals surface area contributed by atoms with E-state index < -0.39 is 0 Å². The fraction of sp³-hybridized carbons (Fsp3) is 1.00. The molecule has 0 radical (unpaired) electrons. The van der Waals surface area contributed by atoms with Gasteiger partial charge in [-0.15, -0.1) is 0 Å². The fourth-order valence-corrected chi connectivity index (χ4v) is 3.45. The number of likely N-dealkylation sites (tertiary alicyclic amines) is 1. The van der Waals surface area contributed by atoms with Crippen LogP contribution in [0.1, 0.15) is 74.7 Å². The van der Waals surface area contributed by atoms with E-state index in [1.54, 1.807) is 0 Å². The summed E-state index contributed by atoms with van der Waals surface area (Å²) in [4.78, 5) is 2.77. The van der Waals surface area contributed by atoms with Crippen LogP contribution >= 0.6 is 0 Å². The topological polar surface area (TPSA) is 3.24 Å². The van der Waals surface area contributed by atoms with E-state index >= 15 is 0 Å². The maximum Gasteiger partial charge on any atom is 0.0161 e. The summed E-state index contributed by atoms with van der Waals surface area (Å²) < 4.78 is 0. The van der Waals surface area contributed by atoms with E-state index in [0.29, 0.717) is 22.5 Å². The molecule has 0 aromatic carbocycles. The molecule has 1 aliphatic heterocycles. The average Bonchev–Trinajstić information content (AvgIpc) is 1.97. The van der Waals surface area contributed by atoms with Gasteiger partial charge >= 0.3 is 0 Å². The third-order valence-electron chi connectivity index (χ3n) is 4.52. The van der Waals surface area contributed by atoms with E-state index in [0.717, 1.165) is 0 Å². The van der Waals surface area contributed by atoms with Gasteiger partial charge in [-0.2, -0.15) is 0 Å². The molecule has 0 aromatic rings. The molecule has 0 aromatic heterocycles. The van der Waals surface area contributed by atoms with Crippen LogP contribution in [-0.4, -0.2) is 22.0 Å². The summed E-state index contributed by atoms with van der Waals surface area (Å²) in [5.74, 6) is 0. The van der Waals surface area contributed by atoms with Crippen molar-refractivity contribution in [2.45, 2.75) is 91.8 Å². The molecule has 1 saturated heterocycles. The second kappa shape index (κ2) is 4.01. The smallest absolute Gasteiger partial charge is 0.0161 e. The summed E-state index contributed by atoms with van der Waals surface area (Å²) in [5.41, 5.74) is 1.04. The van der Waals surface area contributed by atoms with Crippen LogP contribution in [-0.2, 0) is 0 Å². The molecular weight excluding hydrogens is 194 g/mol. The van der Waals surface area contributed by atoms with Crippen molar-refractivity contribution in [1.82, 2.24) is 4.90 Å². The highest BCUT2D eigenvalue weighted by atomic mass is 15.3. The zero-order valence-electron chi connectivity index (χ0n) is 12.6. The molecule has 0 aliphatic carbocycles. The highest BCUT2D eigenvalue weighted by molar-refractivity contribution is 5.01. The zero-order chi connectivity index (χ0) is 12.8. The molecule has 1 atom stereocenters. The Morgan fingerprint density at radius 1 is 0.938 bits per heavy atom. The Bertz CT molecular complexity index is 229. The summed E-state index contributed by atoms with van der Waals surface area (Å²) in [5, 5.41) is 0. The Balaban J connectivity index is 3.04. The van der Waals surface area contributed by atoms with Crippen molar-refractivity contribution >= 4 is 0 Å². The van der Waals surface area contributed by atoms with Gasteiger partial charge in [0, 0.05) is 17.1 Å². The molecule has 0 N–H and O–H groups in total. The van der Waals surface area contributed by atoms with Crippen molar-refractivity contribution in [2.75, 3.05) is 0 Å². The van der Waals surface area contributed by atoms with Crippen LogP contribution in [0, 0.1) is 5.41 Å². The SMILES string of the molecule is CC(N1C(C)(C)CCCC1(C)C)C(C)(C)C.